The average Bonchev–Trinajstić information content (AvgIpc) is 2.80. The predicted octanol–water partition coefficient (Wildman–Crippen LogP) is 1.93. The van der Waals surface area contributed by atoms with Gasteiger partial charge in [0.15, 0.2) is 15.5 Å². The number of benzene rings is 1. The van der Waals surface area contributed by atoms with E-state index < -0.39 is 15.7 Å². The van der Waals surface area contributed by atoms with E-state index in [-0.39, 0.29) is 27.8 Å². The maximum atomic E-state index is 12.2. The van der Waals surface area contributed by atoms with Gasteiger partial charge in [-0.2, -0.15) is 5.10 Å². The molecule has 1 heterocycles. The standard InChI is InChI=1S/C13H14BrN3O4S/c1-3-22(20,21)8-4-5-11(18)10(6-8)15-13(19)12-9(14)7-17(2)16-12/h4-7,18H,3H2,1-2H3,(H,15,19). The molecular weight excluding hydrogens is 374 g/mol. The molecule has 1 amide bonds. The molecule has 0 radical (unpaired) electrons. The van der Waals surface area contributed by atoms with Crippen molar-refractivity contribution in [3.8, 4) is 5.75 Å². The highest BCUT2D eigenvalue weighted by atomic mass is 79.9. The molecule has 0 bridgehead atoms. The summed E-state index contributed by atoms with van der Waals surface area (Å²) in [5.74, 6) is -0.860. The van der Waals surface area contributed by atoms with Gasteiger partial charge in [0, 0.05) is 13.2 Å². The Morgan fingerprint density at radius 3 is 2.68 bits per heavy atom. The molecule has 0 saturated heterocycles. The van der Waals surface area contributed by atoms with Gasteiger partial charge in [-0.05, 0) is 34.1 Å². The van der Waals surface area contributed by atoms with Crippen LogP contribution in [0.3, 0.4) is 0 Å². The van der Waals surface area contributed by atoms with Crippen LogP contribution in [0.2, 0.25) is 0 Å². The van der Waals surface area contributed by atoms with E-state index in [2.05, 4.69) is 26.3 Å². The largest absolute Gasteiger partial charge is 0.506 e. The van der Waals surface area contributed by atoms with Crippen LogP contribution in [0.15, 0.2) is 33.8 Å². The number of aromatic hydroxyl groups is 1. The smallest absolute Gasteiger partial charge is 0.277 e. The van der Waals surface area contributed by atoms with Crippen LogP contribution < -0.4 is 5.32 Å². The van der Waals surface area contributed by atoms with Gasteiger partial charge in [0.2, 0.25) is 0 Å². The minimum atomic E-state index is -3.43. The number of nitrogens with one attached hydrogen (secondary N) is 1. The number of amides is 1. The Morgan fingerprint density at radius 2 is 2.14 bits per heavy atom. The number of anilines is 1. The number of aromatic nitrogens is 2. The average molecular weight is 388 g/mol. The molecule has 0 aliphatic rings. The van der Waals surface area contributed by atoms with Crippen molar-refractivity contribution in [3.05, 3.63) is 34.6 Å². The maximum absolute atomic E-state index is 12.2. The zero-order valence-electron chi connectivity index (χ0n) is 11.9. The first kappa shape index (κ1) is 16.5. The van der Waals surface area contributed by atoms with E-state index >= 15 is 0 Å². The van der Waals surface area contributed by atoms with Crippen LogP contribution in [0.25, 0.3) is 0 Å². The predicted molar refractivity (Wildman–Crippen MR) is 84.7 cm³/mol. The Labute approximate surface area is 136 Å². The number of carbonyl (C=O) groups is 1. The van der Waals surface area contributed by atoms with Crippen molar-refractivity contribution in [1.29, 1.82) is 0 Å². The summed E-state index contributed by atoms with van der Waals surface area (Å²) in [6.07, 6.45) is 1.60. The molecule has 1 aromatic heterocycles. The minimum Gasteiger partial charge on any atom is -0.506 e. The third-order valence-corrected chi connectivity index (χ3v) is 5.27. The number of hydrogen-bond acceptors (Lipinski definition) is 5. The van der Waals surface area contributed by atoms with Crippen LogP contribution in [-0.2, 0) is 16.9 Å². The van der Waals surface area contributed by atoms with Gasteiger partial charge in [-0.3, -0.25) is 9.48 Å². The first-order chi connectivity index (χ1) is 10.2. The Hall–Kier alpha value is -1.87. The Balaban J connectivity index is 2.35. The fourth-order valence-electron chi connectivity index (χ4n) is 1.77. The lowest BCUT2D eigenvalue weighted by molar-refractivity contribution is 0.102. The van der Waals surface area contributed by atoms with E-state index in [1.165, 1.54) is 29.8 Å². The summed E-state index contributed by atoms with van der Waals surface area (Å²) < 4.78 is 25.7. The highest BCUT2D eigenvalue weighted by Gasteiger charge is 2.18. The lowest BCUT2D eigenvalue weighted by atomic mass is 10.3. The minimum absolute atomic E-state index is 0.0112. The van der Waals surface area contributed by atoms with E-state index in [1.807, 2.05) is 0 Å². The van der Waals surface area contributed by atoms with E-state index in [0.717, 1.165) is 0 Å². The van der Waals surface area contributed by atoms with Crippen LogP contribution in [0, 0.1) is 0 Å². The van der Waals surface area contributed by atoms with E-state index in [1.54, 1.807) is 13.2 Å². The number of phenols is 1. The van der Waals surface area contributed by atoms with E-state index in [0.29, 0.717) is 4.47 Å². The summed E-state index contributed by atoms with van der Waals surface area (Å²) in [4.78, 5) is 12.2. The zero-order valence-corrected chi connectivity index (χ0v) is 14.3. The van der Waals surface area contributed by atoms with Crippen LogP contribution in [0.4, 0.5) is 5.69 Å². The number of halogens is 1. The first-order valence-corrected chi connectivity index (χ1v) is 8.75. The number of aryl methyl sites for hydroxylation is 1. The van der Waals surface area contributed by atoms with Gasteiger partial charge in [0.05, 0.1) is 20.8 Å². The third-order valence-electron chi connectivity index (χ3n) is 2.95. The molecule has 9 heteroatoms. The lowest BCUT2D eigenvalue weighted by Gasteiger charge is -2.09. The summed E-state index contributed by atoms with van der Waals surface area (Å²) in [7, 11) is -1.77. The van der Waals surface area contributed by atoms with Gasteiger partial charge in [-0.25, -0.2) is 8.42 Å². The van der Waals surface area contributed by atoms with Crippen molar-refractivity contribution >= 4 is 37.4 Å². The van der Waals surface area contributed by atoms with Gasteiger partial charge in [-0.1, -0.05) is 6.92 Å². The summed E-state index contributed by atoms with van der Waals surface area (Å²) >= 11 is 3.20. The summed E-state index contributed by atoms with van der Waals surface area (Å²) in [5, 5.41) is 16.2. The second kappa shape index (κ2) is 6.09. The number of nitrogens with zero attached hydrogens (tertiary/aromatic N) is 2. The van der Waals surface area contributed by atoms with Crippen molar-refractivity contribution in [3.63, 3.8) is 0 Å². The van der Waals surface area contributed by atoms with E-state index in [4.69, 9.17) is 0 Å². The number of phenolic OH excluding ortho intramolecular Hbond substituents is 1. The van der Waals surface area contributed by atoms with Gasteiger partial charge < -0.3 is 10.4 Å². The van der Waals surface area contributed by atoms with Gasteiger partial charge in [0.25, 0.3) is 5.91 Å². The quantitative estimate of drug-likeness (QED) is 0.780. The summed E-state index contributed by atoms with van der Waals surface area (Å²) in [6.45, 7) is 1.52. The summed E-state index contributed by atoms with van der Waals surface area (Å²) in [6, 6.07) is 3.75. The monoisotopic (exact) mass is 387 g/mol. The molecule has 22 heavy (non-hydrogen) atoms. The molecule has 7 nitrogen and oxygen atoms in total. The van der Waals surface area contributed by atoms with Crippen LogP contribution in [0.5, 0.6) is 5.75 Å². The molecular formula is C13H14BrN3O4S. The Morgan fingerprint density at radius 1 is 1.45 bits per heavy atom. The molecule has 0 aliphatic heterocycles. The Kier molecular flexibility index (Phi) is 4.57. The first-order valence-electron chi connectivity index (χ1n) is 6.31. The number of rotatable bonds is 4. The highest BCUT2D eigenvalue weighted by molar-refractivity contribution is 9.10. The molecule has 0 aliphatic carbocycles. The Bertz CT molecular complexity index is 830. The van der Waals surface area contributed by atoms with Gasteiger partial charge in [0.1, 0.15) is 5.75 Å². The maximum Gasteiger partial charge on any atom is 0.277 e. The van der Waals surface area contributed by atoms with Crippen LogP contribution in [0.1, 0.15) is 17.4 Å². The van der Waals surface area contributed by atoms with Gasteiger partial charge >= 0.3 is 0 Å². The van der Waals surface area contributed by atoms with E-state index in [9.17, 15) is 18.3 Å². The number of sulfone groups is 1. The molecule has 0 unspecified atom stereocenters. The molecule has 1 aromatic carbocycles. The molecule has 0 spiro atoms. The lowest BCUT2D eigenvalue weighted by Crippen LogP contribution is -2.14. The number of hydrogen-bond donors (Lipinski definition) is 2. The second-order valence-corrected chi connectivity index (χ2v) is 7.67. The molecule has 0 saturated carbocycles. The second-order valence-electron chi connectivity index (χ2n) is 4.54. The number of carbonyl (C=O) groups excluding carboxylic acids is 1. The van der Waals surface area contributed by atoms with Crippen molar-refractivity contribution in [2.45, 2.75) is 11.8 Å². The molecule has 2 aromatic rings. The molecule has 118 valence electrons. The van der Waals surface area contributed by atoms with Crippen molar-refractivity contribution in [1.82, 2.24) is 9.78 Å². The molecule has 2 N–H and O–H groups in total. The van der Waals surface area contributed by atoms with Crippen molar-refractivity contribution in [2.75, 3.05) is 11.1 Å². The SMILES string of the molecule is CCS(=O)(=O)c1ccc(O)c(NC(=O)c2nn(C)cc2Br)c1. The third kappa shape index (κ3) is 3.30. The zero-order chi connectivity index (χ0) is 16.5. The van der Waals surface area contributed by atoms with Crippen molar-refractivity contribution < 1.29 is 18.3 Å². The fraction of sp³-hybridized carbons (Fsp3) is 0.231. The van der Waals surface area contributed by atoms with Crippen LogP contribution in [-0.4, -0.2) is 35.0 Å². The van der Waals surface area contributed by atoms with Crippen LogP contribution >= 0.6 is 15.9 Å². The summed E-state index contributed by atoms with van der Waals surface area (Å²) in [5.41, 5.74) is 0.141. The fourth-order valence-corrected chi connectivity index (χ4v) is 3.23. The normalized spacial score (nSPS) is 11.4. The van der Waals surface area contributed by atoms with Crippen molar-refractivity contribution in [2.24, 2.45) is 7.05 Å². The molecule has 0 fully saturated rings. The highest BCUT2D eigenvalue weighted by Crippen LogP contribution is 2.28. The van der Waals surface area contributed by atoms with Gasteiger partial charge in [-0.15, -0.1) is 0 Å². The molecule has 2 rings (SSSR count). The molecule has 0 atom stereocenters. The topological polar surface area (TPSA) is 101 Å².